The number of carbonyl (C=O) groups excluding carboxylic acids is 1. The van der Waals surface area contributed by atoms with Crippen molar-refractivity contribution in [1.82, 2.24) is 10.3 Å². The van der Waals surface area contributed by atoms with Gasteiger partial charge in [-0.3, -0.25) is 4.79 Å². The van der Waals surface area contributed by atoms with Crippen LogP contribution in [0.5, 0.6) is 0 Å². The number of carbonyl (C=O) groups is 1. The van der Waals surface area contributed by atoms with E-state index in [1.54, 1.807) is 17.5 Å². The Morgan fingerprint density at radius 2 is 1.86 bits per heavy atom. The fourth-order valence-electron chi connectivity index (χ4n) is 3.23. The Balaban J connectivity index is 1.80. The molecule has 0 aliphatic carbocycles. The van der Waals surface area contributed by atoms with Gasteiger partial charge in [-0.15, -0.1) is 11.3 Å². The molecule has 1 amide bonds. The van der Waals surface area contributed by atoms with Crippen LogP contribution in [0.4, 0.5) is 18.9 Å². The van der Waals surface area contributed by atoms with Gasteiger partial charge in [0.2, 0.25) is 0 Å². The van der Waals surface area contributed by atoms with Crippen molar-refractivity contribution in [3.05, 3.63) is 70.9 Å². The quantitative estimate of drug-likeness (QED) is 0.639. The first-order valence-corrected chi connectivity index (χ1v) is 9.51. The number of amides is 1. The minimum absolute atomic E-state index is 0.100. The first kappa shape index (κ1) is 18.5. The lowest BCUT2D eigenvalue weighted by Gasteiger charge is -2.33. The van der Waals surface area contributed by atoms with Gasteiger partial charge < -0.3 is 10.6 Å². The average Bonchev–Trinajstić information content (AvgIpc) is 3.21. The molecule has 8 heteroatoms. The molecule has 0 saturated carbocycles. The topological polar surface area (TPSA) is 54.0 Å². The fraction of sp³-hybridized carbons (Fsp3) is 0.200. The molecule has 0 fully saturated rings. The molecule has 3 aromatic rings. The highest BCUT2D eigenvalue weighted by Gasteiger charge is 2.38. The molecule has 4 rings (SSSR count). The van der Waals surface area contributed by atoms with Gasteiger partial charge in [0.1, 0.15) is 11.9 Å². The number of pyridine rings is 1. The lowest BCUT2D eigenvalue weighted by molar-refractivity contribution is -0.141. The van der Waals surface area contributed by atoms with Gasteiger partial charge in [0, 0.05) is 16.4 Å². The Morgan fingerprint density at radius 1 is 1.11 bits per heavy atom. The largest absolute Gasteiger partial charge is 0.433 e. The van der Waals surface area contributed by atoms with E-state index in [0.29, 0.717) is 16.1 Å². The molecule has 0 radical (unpaired) electrons. The smallest absolute Gasteiger partial charge is 0.362 e. The Hall–Kier alpha value is -2.87. The lowest BCUT2D eigenvalue weighted by atomic mass is 9.95. The third-order valence-electron chi connectivity index (χ3n) is 4.72. The molecule has 4 nitrogen and oxygen atoms in total. The number of hydrogen-bond acceptors (Lipinski definition) is 4. The van der Waals surface area contributed by atoms with Crippen molar-refractivity contribution in [1.29, 1.82) is 0 Å². The van der Waals surface area contributed by atoms with E-state index >= 15 is 0 Å². The van der Waals surface area contributed by atoms with Crippen LogP contribution in [-0.2, 0) is 6.18 Å². The second-order valence-corrected chi connectivity index (χ2v) is 7.50. The minimum atomic E-state index is -4.64. The van der Waals surface area contributed by atoms with Crippen molar-refractivity contribution in [3.8, 4) is 10.4 Å². The Labute approximate surface area is 163 Å². The van der Waals surface area contributed by atoms with E-state index in [4.69, 9.17) is 0 Å². The summed E-state index contributed by atoms with van der Waals surface area (Å²) < 4.78 is 40.0. The number of anilines is 1. The lowest BCUT2D eigenvalue weighted by Crippen LogP contribution is -2.48. The van der Waals surface area contributed by atoms with Crippen LogP contribution in [0.25, 0.3) is 10.4 Å². The van der Waals surface area contributed by atoms with Gasteiger partial charge in [0.15, 0.2) is 5.69 Å². The molecule has 1 aliphatic heterocycles. The number of fused-ring (bicyclic) bond motifs is 1. The number of benzene rings is 1. The number of thiophene rings is 1. The molecule has 2 aromatic heterocycles. The molecule has 2 atom stereocenters. The van der Waals surface area contributed by atoms with E-state index in [9.17, 15) is 18.0 Å². The van der Waals surface area contributed by atoms with E-state index < -0.39 is 23.9 Å². The molecule has 0 unspecified atom stereocenters. The van der Waals surface area contributed by atoms with Crippen LogP contribution in [0, 0.1) is 0 Å². The third-order valence-corrected chi connectivity index (χ3v) is 5.63. The van der Waals surface area contributed by atoms with E-state index in [1.165, 1.54) is 11.3 Å². The van der Waals surface area contributed by atoms with Crippen molar-refractivity contribution in [3.63, 3.8) is 0 Å². The predicted molar refractivity (Wildman–Crippen MR) is 102 cm³/mol. The standard InChI is InChI=1S/C20H16F3N3OS/c1-11(12-6-3-2-4-7-12)18-25-16-13(14-8-5-9-28-14)10-15(20(21,22)23)24-17(16)19(27)26-18/h2-11,18,25H,1H3,(H,26,27)/t11-,18-/m1/s1. The van der Waals surface area contributed by atoms with Crippen LogP contribution in [0.2, 0.25) is 0 Å². The number of nitrogens with zero attached hydrogens (tertiary/aromatic N) is 1. The molecular formula is C20H16F3N3OS. The first-order chi connectivity index (χ1) is 13.3. The fourth-order valence-corrected chi connectivity index (χ4v) is 3.98. The summed E-state index contributed by atoms with van der Waals surface area (Å²) in [5.41, 5.74) is 0.330. The number of halogens is 3. The Kier molecular flexibility index (Phi) is 4.58. The number of rotatable bonds is 3. The molecule has 0 spiro atoms. The number of aromatic nitrogens is 1. The van der Waals surface area contributed by atoms with Crippen LogP contribution in [0.1, 0.15) is 34.6 Å². The molecule has 0 saturated heterocycles. The van der Waals surface area contributed by atoms with Crippen molar-refractivity contribution < 1.29 is 18.0 Å². The Morgan fingerprint density at radius 3 is 2.50 bits per heavy atom. The van der Waals surface area contributed by atoms with Gasteiger partial charge in [-0.05, 0) is 23.1 Å². The second-order valence-electron chi connectivity index (χ2n) is 6.55. The summed E-state index contributed by atoms with van der Waals surface area (Å²) in [6, 6.07) is 14.1. The van der Waals surface area contributed by atoms with E-state index in [-0.39, 0.29) is 11.6 Å². The van der Waals surface area contributed by atoms with Gasteiger partial charge in [0.25, 0.3) is 5.91 Å². The highest BCUT2D eigenvalue weighted by Crippen LogP contribution is 2.40. The summed E-state index contributed by atoms with van der Waals surface area (Å²) in [6.07, 6.45) is -5.12. The summed E-state index contributed by atoms with van der Waals surface area (Å²) in [4.78, 5) is 16.9. The van der Waals surface area contributed by atoms with Crippen LogP contribution in [0.15, 0.2) is 53.9 Å². The van der Waals surface area contributed by atoms with Crippen LogP contribution in [-0.4, -0.2) is 17.1 Å². The maximum atomic E-state index is 13.3. The maximum Gasteiger partial charge on any atom is 0.433 e. The number of alkyl halides is 3. The number of hydrogen-bond donors (Lipinski definition) is 2. The van der Waals surface area contributed by atoms with Crippen molar-refractivity contribution in [2.45, 2.75) is 25.2 Å². The normalized spacial score (nSPS) is 17.4. The van der Waals surface area contributed by atoms with Gasteiger partial charge in [-0.1, -0.05) is 43.3 Å². The van der Waals surface area contributed by atoms with Crippen LogP contribution < -0.4 is 10.6 Å². The third kappa shape index (κ3) is 3.35. The molecule has 28 heavy (non-hydrogen) atoms. The van der Waals surface area contributed by atoms with Crippen molar-refractivity contribution in [2.75, 3.05) is 5.32 Å². The van der Waals surface area contributed by atoms with Gasteiger partial charge in [-0.25, -0.2) is 4.98 Å². The molecule has 2 N–H and O–H groups in total. The van der Waals surface area contributed by atoms with Gasteiger partial charge in [-0.2, -0.15) is 13.2 Å². The molecule has 0 bridgehead atoms. The van der Waals surface area contributed by atoms with Crippen molar-refractivity contribution >= 4 is 22.9 Å². The SMILES string of the molecule is C[C@H](c1ccccc1)[C@H]1NC(=O)c2nc(C(F)(F)F)cc(-c3cccs3)c2N1. The zero-order valence-electron chi connectivity index (χ0n) is 14.7. The average molecular weight is 403 g/mol. The van der Waals surface area contributed by atoms with Gasteiger partial charge in [0.05, 0.1) is 5.69 Å². The summed E-state index contributed by atoms with van der Waals surface area (Å²) in [7, 11) is 0. The molecule has 1 aliphatic rings. The molecule has 3 heterocycles. The maximum absolute atomic E-state index is 13.3. The molecule has 144 valence electrons. The van der Waals surface area contributed by atoms with Crippen LogP contribution in [0.3, 0.4) is 0 Å². The number of nitrogens with one attached hydrogen (secondary N) is 2. The highest BCUT2D eigenvalue weighted by atomic mass is 32.1. The Bertz CT molecular complexity index is 1000. The van der Waals surface area contributed by atoms with Gasteiger partial charge >= 0.3 is 6.18 Å². The molecule has 1 aromatic carbocycles. The van der Waals surface area contributed by atoms with Crippen molar-refractivity contribution in [2.24, 2.45) is 0 Å². The monoisotopic (exact) mass is 403 g/mol. The van der Waals surface area contributed by atoms with E-state index in [2.05, 4.69) is 15.6 Å². The zero-order valence-corrected chi connectivity index (χ0v) is 15.6. The predicted octanol–water partition coefficient (Wildman–Crippen LogP) is 5.11. The summed E-state index contributed by atoms with van der Waals surface area (Å²) in [5, 5.41) is 7.73. The minimum Gasteiger partial charge on any atom is -0.362 e. The summed E-state index contributed by atoms with van der Waals surface area (Å²) in [6.45, 7) is 1.95. The second kappa shape index (κ2) is 6.94. The highest BCUT2D eigenvalue weighted by molar-refractivity contribution is 7.13. The molecular weight excluding hydrogens is 387 g/mol. The van der Waals surface area contributed by atoms with E-state index in [1.807, 2.05) is 37.3 Å². The van der Waals surface area contributed by atoms with Crippen LogP contribution >= 0.6 is 11.3 Å². The summed E-state index contributed by atoms with van der Waals surface area (Å²) in [5.74, 6) is -0.720. The zero-order chi connectivity index (χ0) is 19.9. The first-order valence-electron chi connectivity index (χ1n) is 8.63. The van der Waals surface area contributed by atoms with E-state index in [0.717, 1.165) is 11.6 Å². The summed E-state index contributed by atoms with van der Waals surface area (Å²) >= 11 is 1.31.